The van der Waals surface area contributed by atoms with Gasteiger partial charge in [-0.2, -0.15) is 0 Å². The number of hydrogen-bond acceptors (Lipinski definition) is 8. The maximum Gasteiger partial charge on any atom is 0.345 e. The summed E-state index contributed by atoms with van der Waals surface area (Å²) in [5.74, 6) is -0.607. The van der Waals surface area contributed by atoms with Gasteiger partial charge in [-0.05, 0) is 24.3 Å². The van der Waals surface area contributed by atoms with Crippen LogP contribution in [0.2, 0.25) is 0 Å². The Morgan fingerprint density at radius 2 is 1.92 bits per heavy atom. The highest BCUT2D eigenvalue weighted by atomic mass is 32.2. The molecule has 130 valence electrons. The molecule has 2 aromatic heterocycles. The number of hydrazine groups is 1. The zero-order valence-corrected chi connectivity index (χ0v) is 14.0. The Morgan fingerprint density at radius 3 is 2.62 bits per heavy atom. The van der Waals surface area contributed by atoms with Crippen molar-refractivity contribution in [2.75, 3.05) is 5.43 Å². The smallest absolute Gasteiger partial charge is 0.276 e. The second-order valence-corrected chi connectivity index (χ2v) is 5.93. The summed E-state index contributed by atoms with van der Waals surface area (Å²) in [6.07, 6.45) is 4.10. The zero-order valence-electron chi connectivity index (χ0n) is 13.2. The molecule has 3 rings (SSSR count). The predicted octanol–water partition coefficient (Wildman–Crippen LogP) is 2.69. The van der Waals surface area contributed by atoms with Crippen molar-refractivity contribution in [3.63, 3.8) is 0 Å². The molecule has 0 atom stereocenters. The minimum Gasteiger partial charge on any atom is -0.276 e. The van der Waals surface area contributed by atoms with Gasteiger partial charge in [-0.25, -0.2) is 9.97 Å². The molecule has 0 unspecified atom stereocenters. The molecule has 2 heterocycles. The Morgan fingerprint density at radius 1 is 1.12 bits per heavy atom. The number of hydrogen-bond donors (Lipinski definition) is 2. The number of nitrogens with zero attached hydrogens (tertiary/aromatic N) is 4. The topological polar surface area (TPSA) is 123 Å². The van der Waals surface area contributed by atoms with Gasteiger partial charge in [0, 0.05) is 17.3 Å². The van der Waals surface area contributed by atoms with Gasteiger partial charge < -0.3 is 0 Å². The monoisotopic (exact) mass is 368 g/mol. The van der Waals surface area contributed by atoms with Crippen LogP contribution in [0.4, 0.5) is 11.5 Å². The van der Waals surface area contributed by atoms with Crippen molar-refractivity contribution < 1.29 is 9.72 Å². The van der Waals surface area contributed by atoms with E-state index >= 15 is 0 Å². The van der Waals surface area contributed by atoms with Crippen LogP contribution >= 0.6 is 11.8 Å². The van der Waals surface area contributed by atoms with Crippen molar-refractivity contribution in [2.45, 2.75) is 9.92 Å². The number of amides is 1. The van der Waals surface area contributed by atoms with Crippen molar-refractivity contribution >= 4 is 29.2 Å². The quantitative estimate of drug-likeness (QED) is 0.387. The third-order valence-electron chi connectivity index (χ3n) is 3.15. The number of nitrogens with one attached hydrogen (secondary N) is 2. The lowest BCUT2D eigenvalue weighted by atomic mass is 10.3. The first-order chi connectivity index (χ1) is 12.6. The molecule has 3 aromatic rings. The van der Waals surface area contributed by atoms with Crippen LogP contribution in [0.1, 0.15) is 10.4 Å². The first-order valence-corrected chi connectivity index (χ1v) is 8.15. The lowest BCUT2D eigenvalue weighted by Crippen LogP contribution is -2.30. The molecule has 0 bridgehead atoms. The minimum absolute atomic E-state index is 0.110. The van der Waals surface area contributed by atoms with Crippen LogP contribution < -0.4 is 10.9 Å². The average Bonchev–Trinajstić information content (AvgIpc) is 2.67. The Hall–Kier alpha value is -3.53. The van der Waals surface area contributed by atoms with Crippen LogP contribution in [-0.2, 0) is 0 Å². The van der Waals surface area contributed by atoms with Crippen molar-refractivity contribution in [3.05, 3.63) is 76.9 Å². The molecule has 0 fully saturated rings. The molecular formula is C16H12N6O3S. The number of pyridine rings is 1. The van der Waals surface area contributed by atoms with Crippen LogP contribution in [0.25, 0.3) is 0 Å². The molecule has 10 heteroatoms. The van der Waals surface area contributed by atoms with E-state index in [0.29, 0.717) is 5.56 Å². The average molecular weight is 368 g/mol. The Balaban J connectivity index is 1.82. The van der Waals surface area contributed by atoms with Crippen LogP contribution in [-0.4, -0.2) is 25.8 Å². The van der Waals surface area contributed by atoms with E-state index in [-0.39, 0.29) is 16.5 Å². The number of benzene rings is 1. The highest BCUT2D eigenvalue weighted by molar-refractivity contribution is 7.99. The number of nitro groups is 1. The maximum atomic E-state index is 12.0. The molecule has 26 heavy (non-hydrogen) atoms. The molecule has 0 aliphatic carbocycles. The number of carbonyl (C=O) groups is 1. The zero-order chi connectivity index (χ0) is 18.4. The SMILES string of the molecule is O=C(NNc1ncnc(Sc2ccccc2)c1[N+](=O)[O-])c1cccnc1. The van der Waals surface area contributed by atoms with Crippen molar-refractivity contribution in [1.29, 1.82) is 0 Å². The largest absolute Gasteiger partial charge is 0.345 e. The van der Waals surface area contributed by atoms with Gasteiger partial charge in [0.15, 0.2) is 5.03 Å². The van der Waals surface area contributed by atoms with Gasteiger partial charge in [0.05, 0.1) is 10.5 Å². The molecule has 0 saturated heterocycles. The van der Waals surface area contributed by atoms with E-state index in [0.717, 1.165) is 16.7 Å². The Bertz CT molecular complexity index is 924. The summed E-state index contributed by atoms with van der Waals surface area (Å²) in [5.41, 5.74) is 4.83. The van der Waals surface area contributed by atoms with Gasteiger partial charge in [0.1, 0.15) is 6.33 Å². The lowest BCUT2D eigenvalue weighted by Gasteiger charge is -2.09. The molecule has 1 aromatic carbocycles. The third kappa shape index (κ3) is 4.11. The van der Waals surface area contributed by atoms with Gasteiger partial charge in [-0.15, -0.1) is 0 Å². The first-order valence-electron chi connectivity index (χ1n) is 7.34. The van der Waals surface area contributed by atoms with E-state index in [2.05, 4.69) is 25.8 Å². The van der Waals surface area contributed by atoms with Gasteiger partial charge in [-0.1, -0.05) is 30.0 Å². The number of carbonyl (C=O) groups excluding carboxylic acids is 1. The van der Waals surface area contributed by atoms with Gasteiger partial charge in [-0.3, -0.25) is 30.7 Å². The van der Waals surface area contributed by atoms with Gasteiger partial charge >= 0.3 is 5.69 Å². The summed E-state index contributed by atoms with van der Waals surface area (Å²) >= 11 is 1.13. The molecule has 0 saturated carbocycles. The summed E-state index contributed by atoms with van der Waals surface area (Å²) in [6.45, 7) is 0. The molecule has 0 spiro atoms. The number of rotatable bonds is 6. The predicted molar refractivity (Wildman–Crippen MR) is 94.6 cm³/mol. The second kappa shape index (κ2) is 8.03. The van der Waals surface area contributed by atoms with Crippen molar-refractivity contribution in [1.82, 2.24) is 20.4 Å². The van der Waals surface area contributed by atoms with Gasteiger partial charge in [0.25, 0.3) is 5.91 Å². The fraction of sp³-hybridized carbons (Fsp3) is 0. The Labute approximate surface area is 152 Å². The minimum atomic E-state index is -0.593. The summed E-state index contributed by atoms with van der Waals surface area (Å²) in [7, 11) is 0. The molecular weight excluding hydrogens is 356 g/mol. The van der Waals surface area contributed by atoms with E-state index in [4.69, 9.17) is 0 Å². The third-order valence-corrected chi connectivity index (χ3v) is 4.15. The molecule has 0 radical (unpaired) electrons. The van der Waals surface area contributed by atoms with Crippen molar-refractivity contribution in [3.8, 4) is 0 Å². The summed E-state index contributed by atoms with van der Waals surface area (Å²) < 4.78 is 0. The summed E-state index contributed by atoms with van der Waals surface area (Å²) in [6, 6.07) is 12.3. The van der Waals surface area contributed by atoms with Crippen LogP contribution in [0.15, 0.2) is 71.1 Å². The number of anilines is 1. The Kier molecular flexibility index (Phi) is 5.34. The molecule has 1 amide bonds. The molecule has 0 aliphatic rings. The van der Waals surface area contributed by atoms with E-state index in [1.165, 1.54) is 18.7 Å². The maximum absolute atomic E-state index is 12.0. The molecule has 2 N–H and O–H groups in total. The van der Waals surface area contributed by atoms with Crippen LogP contribution in [0.3, 0.4) is 0 Å². The fourth-order valence-corrected chi connectivity index (χ4v) is 2.86. The van der Waals surface area contributed by atoms with Crippen LogP contribution in [0, 0.1) is 10.1 Å². The van der Waals surface area contributed by atoms with E-state index < -0.39 is 10.8 Å². The van der Waals surface area contributed by atoms with Gasteiger partial charge in [0.2, 0.25) is 5.82 Å². The van der Waals surface area contributed by atoms with E-state index in [1.54, 1.807) is 12.1 Å². The summed E-state index contributed by atoms with van der Waals surface area (Å²) in [5, 5.41) is 11.7. The highest BCUT2D eigenvalue weighted by Gasteiger charge is 2.24. The first kappa shape index (κ1) is 17.3. The van der Waals surface area contributed by atoms with Crippen LogP contribution in [0.5, 0.6) is 0 Å². The van der Waals surface area contributed by atoms with E-state index in [1.807, 2.05) is 30.3 Å². The molecule has 9 nitrogen and oxygen atoms in total. The molecule has 0 aliphatic heterocycles. The van der Waals surface area contributed by atoms with Crippen molar-refractivity contribution in [2.24, 2.45) is 0 Å². The number of aromatic nitrogens is 3. The normalized spacial score (nSPS) is 10.2. The standard InChI is InChI=1S/C16H12N6O3S/c23-15(11-5-4-8-17-9-11)21-20-14-13(22(24)25)16(19-10-18-14)26-12-6-2-1-3-7-12/h1-10H,(H,21,23)(H,18,19,20). The lowest BCUT2D eigenvalue weighted by molar-refractivity contribution is -0.387. The fourth-order valence-electron chi connectivity index (χ4n) is 1.98. The second-order valence-electron chi connectivity index (χ2n) is 4.87. The highest BCUT2D eigenvalue weighted by Crippen LogP contribution is 2.36. The van der Waals surface area contributed by atoms with E-state index in [9.17, 15) is 14.9 Å². The summed E-state index contributed by atoms with van der Waals surface area (Å²) in [4.78, 5) is 35.4.